The molecule has 2 heterocycles. The molecule has 1 amide bonds. The molecule has 0 saturated carbocycles. The van der Waals surface area contributed by atoms with Gasteiger partial charge >= 0.3 is 0 Å². The second kappa shape index (κ2) is 7.83. The first-order chi connectivity index (χ1) is 12.0. The summed E-state index contributed by atoms with van der Waals surface area (Å²) in [5, 5.41) is 0. The van der Waals surface area contributed by atoms with Crippen molar-refractivity contribution in [3.8, 4) is 0 Å². The van der Waals surface area contributed by atoms with Gasteiger partial charge in [0.15, 0.2) is 0 Å². The van der Waals surface area contributed by atoms with Crippen LogP contribution in [-0.2, 0) is 6.54 Å². The molecule has 5 nitrogen and oxygen atoms in total. The predicted octanol–water partition coefficient (Wildman–Crippen LogP) is 3.20. The van der Waals surface area contributed by atoms with Crippen LogP contribution >= 0.6 is 0 Å². The maximum Gasteiger partial charge on any atom is 0.274 e. The predicted molar refractivity (Wildman–Crippen MR) is 99.4 cm³/mol. The summed E-state index contributed by atoms with van der Waals surface area (Å²) in [6.45, 7) is 9.96. The molecule has 1 aliphatic rings. The Morgan fingerprint density at radius 2 is 2.00 bits per heavy atom. The van der Waals surface area contributed by atoms with E-state index in [9.17, 15) is 4.79 Å². The van der Waals surface area contributed by atoms with Gasteiger partial charge in [0, 0.05) is 44.5 Å². The number of benzene rings is 1. The van der Waals surface area contributed by atoms with Crippen LogP contribution in [0.2, 0.25) is 0 Å². The Morgan fingerprint density at radius 3 is 2.68 bits per heavy atom. The SMILES string of the molecule is CC(C)n1cnc(C(=O)N2CCCN(Cc3ccccc3)C[C@@H]2C)c1. The van der Waals surface area contributed by atoms with Gasteiger partial charge in [-0.15, -0.1) is 0 Å². The molecular formula is C20H28N4O. The molecule has 2 aromatic rings. The van der Waals surface area contributed by atoms with Gasteiger partial charge in [-0.2, -0.15) is 0 Å². The highest BCUT2D eigenvalue weighted by Gasteiger charge is 2.27. The highest BCUT2D eigenvalue weighted by molar-refractivity contribution is 5.92. The second-order valence-electron chi connectivity index (χ2n) is 7.22. The molecule has 1 aromatic heterocycles. The van der Waals surface area contributed by atoms with Gasteiger partial charge in [0.2, 0.25) is 0 Å². The number of hydrogen-bond donors (Lipinski definition) is 0. The van der Waals surface area contributed by atoms with Crippen LogP contribution in [0.3, 0.4) is 0 Å². The summed E-state index contributed by atoms with van der Waals surface area (Å²) in [4.78, 5) is 21.6. The quantitative estimate of drug-likeness (QED) is 0.858. The number of imidazole rings is 1. The molecule has 1 fully saturated rings. The van der Waals surface area contributed by atoms with Crippen LogP contribution in [0.5, 0.6) is 0 Å². The molecule has 1 aromatic carbocycles. The minimum Gasteiger partial charge on any atom is -0.334 e. The fourth-order valence-electron chi connectivity index (χ4n) is 3.41. The van der Waals surface area contributed by atoms with Crippen LogP contribution in [0, 0.1) is 0 Å². The number of amides is 1. The molecule has 0 unspecified atom stereocenters. The van der Waals surface area contributed by atoms with E-state index in [1.165, 1.54) is 5.56 Å². The first-order valence-corrected chi connectivity index (χ1v) is 9.15. The highest BCUT2D eigenvalue weighted by Crippen LogP contribution is 2.16. The van der Waals surface area contributed by atoms with Crippen molar-refractivity contribution in [1.82, 2.24) is 19.4 Å². The minimum atomic E-state index is 0.0495. The van der Waals surface area contributed by atoms with E-state index in [1.54, 1.807) is 6.33 Å². The topological polar surface area (TPSA) is 41.4 Å². The number of carbonyl (C=O) groups is 1. The number of rotatable bonds is 4. The number of nitrogens with zero attached hydrogens (tertiary/aromatic N) is 4. The van der Waals surface area contributed by atoms with Gasteiger partial charge in [0.25, 0.3) is 5.91 Å². The lowest BCUT2D eigenvalue weighted by atomic mass is 10.2. The van der Waals surface area contributed by atoms with Crippen molar-refractivity contribution < 1.29 is 4.79 Å². The van der Waals surface area contributed by atoms with E-state index in [1.807, 2.05) is 21.7 Å². The van der Waals surface area contributed by atoms with Crippen LogP contribution < -0.4 is 0 Å². The number of carbonyl (C=O) groups excluding carboxylic acids is 1. The fraction of sp³-hybridized carbons (Fsp3) is 0.500. The minimum absolute atomic E-state index is 0.0495. The summed E-state index contributed by atoms with van der Waals surface area (Å²) in [7, 11) is 0. The Bertz CT molecular complexity index is 695. The number of hydrogen-bond acceptors (Lipinski definition) is 3. The van der Waals surface area contributed by atoms with Crippen molar-refractivity contribution in [1.29, 1.82) is 0 Å². The molecule has 0 spiro atoms. The van der Waals surface area contributed by atoms with Crippen molar-refractivity contribution in [2.45, 2.75) is 45.8 Å². The van der Waals surface area contributed by atoms with Crippen LogP contribution in [0.4, 0.5) is 0 Å². The Labute approximate surface area is 150 Å². The normalized spacial score (nSPS) is 19.2. The largest absolute Gasteiger partial charge is 0.334 e. The molecular weight excluding hydrogens is 312 g/mol. The summed E-state index contributed by atoms with van der Waals surface area (Å²) in [6.07, 6.45) is 4.61. The third-order valence-electron chi connectivity index (χ3n) is 4.85. The first-order valence-electron chi connectivity index (χ1n) is 9.15. The molecule has 1 saturated heterocycles. The lowest BCUT2D eigenvalue weighted by Gasteiger charge is -2.28. The van der Waals surface area contributed by atoms with E-state index in [4.69, 9.17) is 0 Å². The van der Waals surface area contributed by atoms with Crippen LogP contribution in [0.1, 0.15) is 49.3 Å². The highest BCUT2D eigenvalue weighted by atomic mass is 16.2. The van der Waals surface area contributed by atoms with E-state index in [0.29, 0.717) is 11.7 Å². The van der Waals surface area contributed by atoms with Gasteiger partial charge in [-0.05, 0) is 32.8 Å². The fourth-order valence-corrected chi connectivity index (χ4v) is 3.41. The van der Waals surface area contributed by atoms with Gasteiger partial charge in [-0.3, -0.25) is 9.69 Å². The summed E-state index contributed by atoms with van der Waals surface area (Å²) in [5.74, 6) is 0.0495. The van der Waals surface area contributed by atoms with Crippen molar-refractivity contribution in [3.63, 3.8) is 0 Å². The van der Waals surface area contributed by atoms with E-state index in [-0.39, 0.29) is 11.9 Å². The van der Waals surface area contributed by atoms with Gasteiger partial charge < -0.3 is 9.47 Å². The number of aromatic nitrogens is 2. The molecule has 5 heteroatoms. The molecule has 1 atom stereocenters. The summed E-state index contributed by atoms with van der Waals surface area (Å²) < 4.78 is 1.98. The van der Waals surface area contributed by atoms with Crippen LogP contribution in [0.15, 0.2) is 42.9 Å². The molecule has 0 aliphatic carbocycles. The summed E-state index contributed by atoms with van der Waals surface area (Å²) in [5.41, 5.74) is 1.88. The van der Waals surface area contributed by atoms with Gasteiger partial charge in [0.1, 0.15) is 5.69 Å². The van der Waals surface area contributed by atoms with E-state index in [0.717, 1.165) is 32.6 Å². The second-order valence-corrected chi connectivity index (χ2v) is 7.22. The first kappa shape index (κ1) is 17.7. The van der Waals surface area contributed by atoms with Crippen molar-refractivity contribution in [3.05, 3.63) is 54.1 Å². The van der Waals surface area contributed by atoms with Crippen molar-refractivity contribution >= 4 is 5.91 Å². The lowest BCUT2D eigenvalue weighted by molar-refractivity contribution is 0.0686. The third-order valence-corrected chi connectivity index (χ3v) is 4.85. The Morgan fingerprint density at radius 1 is 1.24 bits per heavy atom. The average Bonchev–Trinajstić information content (AvgIpc) is 3.02. The Hall–Kier alpha value is -2.14. The Kier molecular flexibility index (Phi) is 5.53. The maximum absolute atomic E-state index is 12.9. The van der Waals surface area contributed by atoms with Crippen molar-refractivity contribution in [2.75, 3.05) is 19.6 Å². The van der Waals surface area contributed by atoms with Crippen molar-refractivity contribution in [2.24, 2.45) is 0 Å². The maximum atomic E-state index is 12.9. The lowest BCUT2D eigenvalue weighted by Crippen LogP contribution is -2.42. The summed E-state index contributed by atoms with van der Waals surface area (Å²) in [6, 6.07) is 11.0. The van der Waals surface area contributed by atoms with Gasteiger partial charge in [-0.25, -0.2) is 4.98 Å². The Balaban J connectivity index is 1.66. The zero-order valence-electron chi connectivity index (χ0n) is 15.4. The molecule has 25 heavy (non-hydrogen) atoms. The van der Waals surface area contributed by atoms with E-state index in [2.05, 4.69) is 54.9 Å². The van der Waals surface area contributed by atoms with Crippen LogP contribution in [0.25, 0.3) is 0 Å². The monoisotopic (exact) mass is 340 g/mol. The molecule has 0 bridgehead atoms. The third kappa shape index (κ3) is 4.28. The molecule has 0 radical (unpaired) electrons. The average molecular weight is 340 g/mol. The van der Waals surface area contributed by atoms with E-state index >= 15 is 0 Å². The molecule has 0 N–H and O–H groups in total. The molecule has 3 rings (SSSR count). The van der Waals surface area contributed by atoms with Gasteiger partial charge in [-0.1, -0.05) is 30.3 Å². The van der Waals surface area contributed by atoms with Gasteiger partial charge in [0.05, 0.1) is 6.33 Å². The van der Waals surface area contributed by atoms with Crippen LogP contribution in [-0.4, -0.2) is 50.9 Å². The molecule has 1 aliphatic heterocycles. The zero-order valence-corrected chi connectivity index (χ0v) is 15.4. The van der Waals surface area contributed by atoms with E-state index < -0.39 is 0 Å². The standard InChI is InChI=1S/C20H28N4O/c1-16(2)23-14-19(21-15-23)20(25)24-11-7-10-22(12-17(24)3)13-18-8-5-4-6-9-18/h4-6,8-9,14-17H,7,10-13H2,1-3H3/t17-/m0/s1. The molecule has 134 valence electrons. The smallest absolute Gasteiger partial charge is 0.274 e. The zero-order chi connectivity index (χ0) is 17.8. The summed E-state index contributed by atoms with van der Waals surface area (Å²) >= 11 is 0.